The lowest BCUT2D eigenvalue weighted by Crippen LogP contribution is -2.46. The van der Waals surface area contributed by atoms with Gasteiger partial charge in [0.25, 0.3) is 5.91 Å². The van der Waals surface area contributed by atoms with Crippen molar-refractivity contribution in [2.24, 2.45) is 0 Å². The number of nitrogens with one attached hydrogen (secondary N) is 2. The number of rotatable bonds is 8. The van der Waals surface area contributed by atoms with Gasteiger partial charge in [-0.1, -0.05) is 11.6 Å². The average molecular weight is 357 g/mol. The van der Waals surface area contributed by atoms with Gasteiger partial charge in [0.1, 0.15) is 11.8 Å². The zero-order valence-electron chi connectivity index (χ0n) is 13.8. The van der Waals surface area contributed by atoms with E-state index < -0.39 is 24.5 Å². The first-order chi connectivity index (χ1) is 11.3. The minimum atomic E-state index is -0.704. The van der Waals surface area contributed by atoms with Crippen LogP contribution in [0.5, 0.6) is 5.75 Å². The van der Waals surface area contributed by atoms with Crippen LogP contribution in [0.4, 0.5) is 0 Å². The lowest BCUT2D eigenvalue weighted by atomic mass is 10.2. The molecule has 1 aromatic rings. The molecular weight excluding hydrogens is 336 g/mol. The molecule has 0 spiro atoms. The summed E-state index contributed by atoms with van der Waals surface area (Å²) >= 11 is 5.89. The monoisotopic (exact) mass is 356 g/mol. The van der Waals surface area contributed by atoms with Gasteiger partial charge in [-0.15, -0.1) is 0 Å². The molecule has 1 atom stereocenters. The topological polar surface area (TPSA) is 93.7 Å². The van der Waals surface area contributed by atoms with Gasteiger partial charge in [0.2, 0.25) is 5.91 Å². The highest BCUT2D eigenvalue weighted by Gasteiger charge is 2.16. The summed E-state index contributed by atoms with van der Waals surface area (Å²) in [6.45, 7) is 4.78. The van der Waals surface area contributed by atoms with Crippen LogP contribution in [-0.2, 0) is 19.1 Å². The molecule has 0 radical (unpaired) electrons. The normalized spacial score (nSPS) is 11.3. The van der Waals surface area contributed by atoms with E-state index >= 15 is 0 Å². The molecule has 132 valence electrons. The van der Waals surface area contributed by atoms with Crippen molar-refractivity contribution >= 4 is 29.4 Å². The highest BCUT2D eigenvalue weighted by Crippen LogP contribution is 2.20. The van der Waals surface area contributed by atoms with E-state index in [4.69, 9.17) is 21.1 Å². The molecule has 0 aliphatic carbocycles. The lowest BCUT2D eigenvalue weighted by Gasteiger charge is -2.13. The average Bonchev–Trinajstić information content (AvgIpc) is 2.54. The Morgan fingerprint density at radius 1 is 1.25 bits per heavy atom. The summed E-state index contributed by atoms with van der Waals surface area (Å²) in [7, 11) is 0. The zero-order chi connectivity index (χ0) is 18.1. The Kier molecular flexibility index (Phi) is 8.05. The smallest absolute Gasteiger partial charge is 0.344 e. The first kappa shape index (κ1) is 19.8. The van der Waals surface area contributed by atoms with Gasteiger partial charge in [-0.2, -0.15) is 0 Å². The fourth-order valence-corrected chi connectivity index (χ4v) is 1.83. The van der Waals surface area contributed by atoms with Gasteiger partial charge < -0.3 is 20.1 Å². The number of amides is 2. The molecule has 0 fully saturated rings. The SMILES string of the molecule is CCNC(=O)[C@@H](C)NC(=O)COC(=O)COc1ccc(Cl)c(C)c1. The van der Waals surface area contributed by atoms with E-state index in [-0.39, 0.29) is 12.5 Å². The molecule has 0 aromatic heterocycles. The molecule has 7 nitrogen and oxygen atoms in total. The zero-order valence-corrected chi connectivity index (χ0v) is 14.6. The van der Waals surface area contributed by atoms with Crippen LogP contribution in [0.3, 0.4) is 0 Å². The molecule has 0 saturated carbocycles. The molecule has 0 saturated heterocycles. The van der Waals surface area contributed by atoms with Crippen LogP contribution in [0.15, 0.2) is 18.2 Å². The molecular formula is C16H21ClN2O5. The summed E-state index contributed by atoms with van der Waals surface area (Å²) < 4.78 is 10.0. The second kappa shape index (κ2) is 9.77. The van der Waals surface area contributed by atoms with Crippen molar-refractivity contribution in [3.63, 3.8) is 0 Å². The van der Waals surface area contributed by atoms with Crippen LogP contribution in [0.25, 0.3) is 0 Å². The third-order valence-corrected chi connectivity index (χ3v) is 3.40. The predicted octanol–water partition coefficient (Wildman–Crippen LogP) is 1.21. The van der Waals surface area contributed by atoms with E-state index in [1.165, 1.54) is 6.92 Å². The maximum Gasteiger partial charge on any atom is 0.344 e. The molecule has 0 unspecified atom stereocenters. The number of hydrogen-bond donors (Lipinski definition) is 2. The molecule has 0 bridgehead atoms. The van der Waals surface area contributed by atoms with Crippen LogP contribution < -0.4 is 15.4 Å². The number of esters is 1. The molecule has 8 heteroatoms. The van der Waals surface area contributed by atoms with Crippen molar-refractivity contribution in [1.29, 1.82) is 0 Å². The maximum absolute atomic E-state index is 11.6. The lowest BCUT2D eigenvalue weighted by molar-refractivity contribution is -0.150. The molecule has 1 aromatic carbocycles. The Balaban J connectivity index is 2.31. The summed E-state index contributed by atoms with van der Waals surface area (Å²) in [5, 5.41) is 5.60. The predicted molar refractivity (Wildman–Crippen MR) is 88.9 cm³/mol. The van der Waals surface area contributed by atoms with Crippen molar-refractivity contribution in [1.82, 2.24) is 10.6 Å². The van der Waals surface area contributed by atoms with Gasteiger partial charge in [-0.25, -0.2) is 4.79 Å². The Hall–Kier alpha value is -2.28. The molecule has 2 amide bonds. The van der Waals surface area contributed by atoms with Gasteiger partial charge in [0.05, 0.1) is 0 Å². The van der Waals surface area contributed by atoms with E-state index in [1.807, 2.05) is 6.92 Å². The first-order valence-corrected chi connectivity index (χ1v) is 7.83. The molecule has 0 aliphatic rings. The van der Waals surface area contributed by atoms with Crippen LogP contribution in [-0.4, -0.2) is 43.6 Å². The van der Waals surface area contributed by atoms with Crippen LogP contribution in [0, 0.1) is 6.92 Å². The molecule has 0 heterocycles. The maximum atomic E-state index is 11.6. The molecule has 24 heavy (non-hydrogen) atoms. The van der Waals surface area contributed by atoms with E-state index in [9.17, 15) is 14.4 Å². The van der Waals surface area contributed by atoms with Gasteiger partial charge in [0, 0.05) is 11.6 Å². The van der Waals surface area contributed by atoms with Crippen LogP contribution in [0.1, 0.15) is 19.4 Å². The van der Waals surface area contributed by atoms with Crippen molar-refractivity contribution in [2.75, 3.05) is 19.8 Å². The number of aryl methyl sites for hydroxylation is 1. The second-order valence-corrected chi connectivity index (χ2v) is 5.45. The largest absolute Gasteiger partial charge is 0.482 e. The molecule has 1 rings (SSSR count). The van der Waals surface area contributed by atoms with Gasteiger partial charge in [-0.3, -0.25) is 9.59 Å². The highest BCUT2D eigenvalue weighted by molar-refractivity contribution is 6.31. The van der Waals surface area contributed by atoms with Crippen molar-refractivity contribution in [3.05, 3.63) is 28.8 Å². The van der Waals surface area contributed by atoms with E-state index in [2.05, 4.69) is 10.6 Å². The molecule has 0 aliphatic heterocycles. The number of likely N-dealkylation sites (N-methyl/N-ethyl adjacent to an activating group) is 1. The molecule has 2 N–H and O–H groups in total. The summed E-state index contributed by atoms with van der Waals surface area (Å²) in [5.74, 6) is -1.09. The number of carbonyl (C=O) groups is 3. The minimum Gasteiger partial charge on any atom is -0.482 e. The van der Waals surface area contributed by atoms with Crippen molar-refractivity contribution < 1.29 is 23.9 Å². The first-order valence-electron chi connectivity index (χ1n) is 7.45. The summed E-state index contributed by atoms with van der Waals surface area (Å²) in [6.07, 6.45) is 0. The van der Waals surface area contributed by atoms with Gasteiger partial charge in [0.15, 0.2) is 13.2 Å². The van der Waals surface area contributed by atoms with E-state index in [0.717, 1.165) is 5.56 Å². The Morgan fingerprint density at radius 3 is 2.58 bits per heavy atom. The summed E-state index contributed by atoms with van der Waals surface area (Å²) in [6, 6.07) is 4.28. The number of benzene rings is 1. The minimum absolute atomic E-state index is 0.307. The second-order valence-electron chi connectivity index (χ2n) is 5.04. The fourth-order valence-electron chi connectivity index (χ4n) is 1.71. The van der Waals surface area contributed by atoms with Crippen LogP contribution in [0.2, 0.25) is 5.02 Å². The third-order valence-electron chi connectivity index (χ3n) is 2.97. The Labute approximate surface area is 145 Å². The highest BCUT2D eigenvalue weighted by atomic mass is 35.5. The van der Waals surface area contributed by atoms with Crippen molar-refractivity contribution in [3.8, 4) is 5.75 Å². The van der Waals surface area contributed by atoms with Crippen molar-refractivity contribution in [2.45, 2.75) is 26.8 Å². The summed E-state index contributed by atoms with van der Waals surface area (Å²) in [5.41, 5.74) is 0.821. The number of hydrogen-bond acceptors (Lipinski definition) is 5. The third kappa shape index (κ3) is 6.87. The Bertz CT molecular complexity index is 606. The fraction of sp³-hybridized carbons (Fsp3) is 0.438. The summed E-state index contributed by atoms with van der Waals surface area (Å²) in [4.78, 5) is 34.6. The number of carbonyl (C=O) groups excluding carboxylic acids is 3. The Morgan fingerprint density at radius 2 is 1.96 bits per heavy atom. The van der Waals surface area contributed by atoms with E-state index in [1.54, 1.807) is 25.1 Å². The number of ether oxygens (including phenoxy) is 2. The van der Waals surface area contributed by atoms with Gasteiger partial charge in [-0.05, 0) is 44.5 Å². The van der Waals surface area contributed by atoms with E-state index in [0.29, 0.717) is 17.3 Å². The quantitative estimate of drug-likeness (QED) is 0.683. The standard InChI is InChI=1S/C16H21ClN2O5/c1-4-18-16(22)11(3)19-14(20)8-24-15(21)9-23-12-5-6-13(17)10(2)7-12/h5-7,11H,4,8-9H2,1-3H3,(H,18,22)(H,19,20)/t11-/m1/s1. The van der Waals surface area contributed by atoms with Gasteiger partial charge >= 0.3 is 5.97 Å². The number of halogens is 1. The van der Waals surface area contributed by atoms with Crippen LogP contribution >= 0.6 is 11.6 Å².